The van der Waals surface area contributed by atoms with Gasteiger partial charge in [-0.15, -0.1) is 0 Å². The van der Waals surface area contributed by atoms with E-state index in [1.54, 1.807) is 24.7 Å². The first-order valence-electron chi connectivity index (χ1n) is 16.3. The van der Waals surface area contributed by atoms with Crippen LogP contribution in [-0.2, 0) is 17.7 Å². The maximum Gasteiger partial charge on any atom is 0.417 e. The van der Waals surface area contributed by atoms with Crippen molar-refractivity contribution in [1.82, 2.24) is 19.7 Å². The van der Waals surface area contributed by atoms with Crippen molar-refractivity contribution in [1.29, 1.82) is 0 Å². The summed E-state index contributed by atoms with van der Waals surface area (Å²) in [5.74, 6) is 0.620. The van der Waals surface area contributed by atoms with Crippen LogP contribution in [0.3, 0.4) is 0 Å². The minimum atomic E-state index is -0.402. The van der Waals surface area contributed by atoms with Crippen LogP contribution < -0.4 is 10.3 Å². The van der Waals surface area contributed by atoms with E-state index in [2.05, 4.69) is 39.4 Å². The molecule has 1 aliphatic carbocycles. The van der Waals surface area contributed by atoms with E-state index in [1.807, 2.05) is 91.0 Å². The van der Waals surface area contributed by atoms with Gasteiger partial charge in [-0.3, -0.25) is 13.9 Å². The zero-order valence-electron chi connectivity index (χ0n) is 30.1. The lowest BCUT2D eigenvalue weighted by Gasteiger charge is -2.15. The summed E-state index contributed by atoms with van der Waals surface area (Å²) in [6.07, 6.45) is 15.0. The zero-order chi connectivity index (χ0) is 35.7. The third kappa shape index (κ3) is 11.9. The molecule has 0 aliphatic heterocycles. The number of benzene rings is 2. The average Bonchev–Trinajstić information content (AvgIpc) is 3.37. The largest absolute Gasteiger partial charge is 0.452 e. The lowest BCUT2D eigenvalue weighted by Crippen LogP contribution is -2.29. The standard InChI is InChI=1S/C25H25FN4O3.C7H8.C5H12O.C2H6/c1-5-8-22-27-16(3)15(2)24(31)30(22)14-18-12-11-17(13-21(18)26)19-9-6-7-10-20(19)23-28-25(32-4)33-29-23;1-2-4-6-7-5-3-1;1-5(2,3)6-4;1-2/h6-7,9-13H,5,8,14H2,1-4H3;1-6H,7H2;1-4H3;1-2H3. The van der Waals surface area contributed by atoms with Crippen LogP contribution in [0.2, 0.25) is 0 Å². The van der Waals surface area contributed by atoms with Crippen LogP contribution in [0.25, 0.3) is 22.5 Å². The molecule has 0 saturated carbocycles. The number of methoxy groups -OCH3 is 2. The van der Waals surface area contributed by atoms with Crippen LogP contribution in [0.1, 0.15) is 77.0 Å². The van der Waals surface area contributed by atoms with Gasteiger partial charge in [0.2, 0.25) is 5.82 Å². The van der Waals surface area contributed by atoms with Crippen LogP contribution in [0.5, 0.6) is 6.08 Å². The van der Waals surface area contributed by atoms with Crippen molar-refractivity contribution < 1.29 is 18.4 Å². The van der Waals surface area contributed by atoms with E-state index in [4.69, 9.17) is 14.0 Å². The van der Waals surface area contributed by atoms with Crippen molar-refractivity contribution in [3.05, 3.63) is 118 Å². The van der Waals surface area contributed by atoms with Gasteiger partial charge in [0.05, 0.1) is 19.3 Å². The number of rotatable bonds is 7. The van der Waals surface area contributed by atoms with E-state index in [0.29, 0.717) is 46.0 Å². The van der Waals surface area contributed by atoms with Gasteiger partial charge in [0.25, 0.3) is 5.56 Å². The number of ether oxygens (including phenoxy) is 2. The molecule has 0 spiro atoms. The molecule has 2 aromatic carbocycles. The Hall–Kier alpha value is -4.63. The summed E-state index contributed by atoms with van der Waals surface area (Å²) in [6.45, 7) is 15.8. The second kappa shape index (κ2) is 19.9. The molecule has 0 N–H and O–H groups in total. The Morgan fingerprint density at radius 3 is 2.10 bits per heavy atom. The van der Waals surface area contributed by atoms with E-state index >= 15 is 4.39 Å². The van der Waals surface area contributed by atoms with Gasteiger partial charge in [-0.2, -0.15) is 4.98 Å². The number of allylic oxidation sites excluding steroid dienone is 6. The fraction of sp³-hybridized carbons (Fsp3) is 0.385. The second-order valence-electron chi connectivity index (χ2n) is 11.6. The predicted octanol–water partition coefficient (Wildman–Crippen LogP) is 9.24. The van der Waals surface area contributed by atoms with Crippen molar-refractivity contribution in [2.45, 2.75) is 86.8 Å². The van der Waals surface area contributed by atoms with Crippen LogP contribution >= 0.6 is 0 Å². The highest BCUT2D eigenvalue weighted by atomic mass is 19.1. The molecule has 0 fully saturated rings. The normalized spacial score (nSPS) is 11.7. The monoisotopic (exact) mass is 658 g/mol. The average molecular weight is 659 g/mol. The maximum atomic E-state index is 15.2. The highest BCUT2D eigenvalue weighted by Gasteiger charge is 2.17. The molecule has 0 amide bonds. The Labute approximate surface area is 285 Å². The lowest BCUT2D eigenvalue weighted by molar-refractivity contribution is 0.0397. The molecule has 0 saturated heterocycles. The molecule has 2 aromatic heterocycles. The van der Waals surface area contributed by atoms with Crippen molar-refractivity contribution in [3.8, 4) is 28.6 Å². The molecule has 9 heteroatoms. The van der Waals surface area contributed by atoms with Gasteiger partial charge in [-0.1, -0.05) is 98.8 Å². The number of aromatic nitrogens is 4. The quantitative estimate of drug-likeness (QED) is 0.195. The predicted molar refractivity (Wildman–Crippen MR) is 193 cm³/mol. The molecular formula is C39H51FN4O4. The second-order valence-corrected chi connectivity index (χ2v) is 11.6. The Bertz CT molecular complexity index is 1710. The van der Waals surface area contributed by atoms with E-state index in [9.17, 15) is 4.79 Å². The fourth-order valence-electron chi connectivity index (χ4n) is 4.26. The van der Waals surface area contributed by atoms with Crippen molar-refractivity contribution in [3.63, 3.8) is 0 Å². The first-order valence-corrected chi connectivity index (χ1v) is 16.3. The van der Waals surface area contributed by atoms with Gasteiger partial charge in [-0.05, 0) is 64.7 Å². The third-order valence-corrected chi connectivity index (χ3v) is 7.12. The molecule has 5 rings (SSSR count). The molecule has 0 radical (unpaired) electrons. The van der Waals surface area contributed by atoms with Crippen molar-refractivity contribution >= 4 is 0 Å². The lowest BCUT2D eigenvalue weighted by atomic mass is 9.98. The fourth-order valence-corrected chi connectivity index (χ4v) is 4.26. The molecule has 1 aliphatic rings. The summed E-state index contributed by atoms with van der Waals surface area (Å²) in [5.41, 5.74) is 3.73. The molecule has 48 heavy (non-hydrogen) atoms. The number of hydrogen-bond donors (Lipinski definition) is 0. The smallest absolute Gasteiger partial charge is 0.417 e. The van der Waals surface area contributed by atoms with E-state index < -0.39 is 5.82 Å². The summed E-state index contributed by atoms with van der Waals surface area (Å²) < 4.78 is 31.8. The molecule has 2 heterocycles. The topological polar surface area (TPSA) is 92.3 Å². The van der Waals surface area contributed by atoms with Crippen LogP contribution in [0.4, 0.5) is 4.39 Å². The first kappa shape index (κ1) is 39.5. The van der Waals surface area contributed by atoms with E-state index in [1.165, 1.54) is 13.2 Å². The van der Waals surface area contributed by atoms with Gasteiger partial charge in [0.1, 0.15) is 11.6 Å². The first-order chi connectivity index (χ1) is 23.0. The Morgan fingerprint density at radius 1 is 0.938 bits per heavy atom. The Morgan fingerprint density at radius 2 is 1.56 bits per heavy atom. The molecular weight excluding hydrogens is 607 g/mol. The summed E-state index contributed by atoms with van der Waals surface area (Å²) >= 11 is 0. The Balaban J connectivity index is 0.000000443. The van der Waals surface area contributed by atoms with Crippen LogP contribution in [-0.4, -0.2) is 39.5 Å². The van der Waals surface area contributed by atoms with Gasteiger partial charge < -0.3 is 9.47 Å². The van der Waals surface area contributed by atoms with Crippen LogP contribution in [0, 0.1) is 19.7 Å². The zero-order valence-corrected chi connectivity index (χ0v) is 30.1. The summed E-state index contributed by atoms with van der Waals surface area (Å²) in [5, 5.41) is 3.94. The highest BCUT2D eigenvalue weighted by molar-refractivity contribution is 5.80. The van der Waals surface area contributed by atoms with E-state index in [0.717, 1.165) is 18.4 Å². The SMILES string of the molecule is C1=CC=CCC=C1.CC.CCCc1nc(C)c(C)c(=O)n1Cc1ccc(-c2ccccc2-c2noc(OC)n2)cc1F.COC(C)(C)C. The molecule has 0 bridgehead atoms. The maximum absolute atomic E-state index is 15.2. The molecule has 0 atom stereocenters. The number of aryl methyl sites for hydroxylation is 2. The van der Waals surface area contributed by atoms with Gasteiger partial charge in [-0.25, -0.2) is 9.37 Å². The summed E-state index contributed by atoms with van der Waals surface area (Å²) in [7, 11) is 3.15. The number of halogens is 1. The molecule has 4 aromatic rings. The summed E-state index contributed by atoms with van der Waals surface area (Å²) in [4.78, 5) is 21.7. The van der Waals surface area contributed by atoms with Crippen molar-refractivity contribution in [2.24, 2.45) is 0 Å². The van der Waals surface area contributed by atoms with Crippen LogP contribution in [0.15, 0.2) is 88.2 Å². The molecule has 0 unspecified atom stereocenters. The molecule has 258 valence electrons. The minimum Gasteiger partial charge on any atom is -0.452 e. The van der Waals surface area contributed by atoms with Gasteiger partial charge >= 0.3 is 6.08 Å². The van der Waals surface area contributed by atoms with Gasteiger partial charge in [0, 0.05) is 35.9 Å². The van der Waals surface area contributed by atoms with Gasteiger partial charge in [0.15, 0.2) is 0 Å². The Kier molecular flexibility index (Phi) is 16.4. The molecule has 8 nitrogen and oxygen atoms in total. The number of hydrogen-bond acceptors (Lipinski definition) is 7. The summed E-state index contributed by atoms with van der Waals surface area (Å²) in [6, 6.07) is 12.4. The minimum absolute atomic E-state index is 0.0417. The van der Waals surface area contributed by atoms with E-state index in [-0.39, 0.29) is 23.8 Å². The van der Waals surface area contributed by atoms with Crippen molar-refractivity contribution in [2.75, 3.05) is 14.2 Å². The third-order valence-electron chi connectivity index (χ3n) is 7.12. The number of nitrogens with zero attached hydrogens (tertiary/aromatic N) is 4. The highest BCUT2D eigenvalue weighted by Crippen LogP contribution is 2.32.